The molecule has 0 aliphatic carbocycles. The summed E-state index contributed by atoms with van der Waals surface area (Å²) >= 11 is 0. The lowest BCUT2D eigenvalue weighted by atomic mass is 10.1. The van der Waals surface area contributed by atoms with Crippen LogP contribution in [-0.2, 0) is 6.61 Å². The molecular weight excluding hydrogens is 316 g/mol. The minimum atomic E-state index is -0.0435. The number of aryl methyl sites for hydroxylation is 3. The summed E-state index contributed by atoms with van der Waals surface area (Å²) in [7, 11) is 0. The Hall–Kier alpha value is -2.30. The van der Waals surface area contributed by atoms with Gasteiger partial charge in [0.15, 0.2) is 5.69 Å². The summed E-state index contributed by atoms with van der Waals surface area (Å²) in [5.41, 5.74) is 3.41. The molecular formula is C20H26N2O3. The van der Waals surface area contributed by atoms with E-state index in [1.54, 1.807) is 0 Å². The predicted octanol–water partition coefficient (Wildman–Crippen LogP) is 4.20. The Morgan fingerprint density at radius 3 is 2.56 bits per heavy atom. The number of hydrogen-bond donors (Lipinski definition) is 0. The maximum absolute atomic E-state index is 12.9. The second kappa shape index (κ2) is 7.72. The van der Waals surface area contributed by atoms with Crippen LogP contribution >= 0.6 is 0 Å². The van der Waals surface area contributed by atoms with Gasteiger partial charge in [0.2, 0.25) is 0 Å². The van der Waals surface area contributed by atoms with Crippen LogP contribution in [0, 0.1) is 20.8 Å². The molecule has 5 heteroatoms. The Morgan fingerprint density at radius 2 is 1.88 bits per heavy atom. The zero-order valence-electron chi connectivity index (χ0n) is 15.3. The molecule has 134 valence electrons. The third kappa shape index (κ3) is 4.03. The van der Waals surface area contributed by atoms with E-state index in [4.69, 9.17) is 9.26 Å². The zero-order valence-corrected chi connectivity index (χ0v) is 15.3. The topological polar surface area (TPSA) is 55.6 Å². The molecule has 1 fully saturated rings. The van der Waals surface area contributed by atoms with Crippen molar-refractivity contribution in [3.05, 3.63) is 46.3 Å². The van der Waals surface area contributed by atoms with Crippen molar-refractivity contribution in [3.8, 4) is 5.75 Å². The molecule has 0 saturated carbocycles. The highest BCUT2D eigenvalue weighted by molar-refractivity contribution is 5.93. The lowest BCUT2D eigenvalue weighted by Crippen LogP contribution is -2.32. The monoisotopic (exact) mass is 342 g/mol. The molecule has 5 nitrogen and oxygen atoms in total. The van der Waals surface area contributed by atoms with E-state index in [2.05, 4.69) is 18.1 Å². The fourth-order valence-corrected chi connectivity index (χ4v) is 3.26. The van der Waals surface area contributed by atoms with Crippen molar-refractivity contribution in [1.29, 1.82) is 0 Å². The minimum absolute atomic E-state index is 0.0435. The number of ether oxygens (including phenoxy) is 1. The first-order valence-corrected chi connectivity index (χ1v) is 9.00. The van der Waals surface area contributed by atoms with Crippen LogP contribution in [-0.4, -0.2) is 29.1 Å². The van der Waals surface area contributed by atoms with E-state index in [0.29, 0.717) is 11.5 Å². The number of aromatic nitrogens is 1. The van der Waals surface area contributed by atoms with Gasteiger partial charge in [-0.05, 0) is 45.2 Å². The summed E-state index contributed by atoms with van der Waals surface area (Å²) in [4.78, 5) is 14.8. The third-order valence-corrected chi connectivity index (χ3v) is 4.78. The summed E-state index contributed by atoms with van der Waals surface area (Å²) < 4.78 is 11.2. The molecule has 0 spiro atoms. The maximum Gasteiger partial charge on any atom is 0.276 e. The molecule has 1 aromatic heterocycles. The van der Waals surface area contributed by atoms with E-state index in [1.807, 2.05) is 30.9 Å². The molecule has 0 N–H and O–H groups in total. The molecule has 1 aromatic carbocycles. The van der Waals surface area contributed by atoms with Crippen LogP contribution in [0.1, 0.15) is 58.6 Å². The number of likely N-dealkylation sites (tertiary alicyclic amines) is 1. The molecule has 3 rings (SSSR count). The lowest BCUT2D eigenvalue weighted by molar-refractivity contribution is 0.0749. The van der Waals surface area contributed by atoms with Gasteiger partial charge in [0, 0.05) is 13.1 Å². The molecule has 2 heterocycles. The van der Waals surface area contributed by atoms with Gasteiger partial charge in [0.05, 0.1) is 5.56 Å². The first-order valence-electron chi connectivity index (χ1n) is 9.00. The Bertz CT molecular complexity index is 743. The van der Waals surface area contributed by atoms with Crippen molar-refractivity contribution in [2.45, 2.75) is 53.1 Å². The Balaban J connectivity index is 1.75. The number of amides is 1. The predicted molar refractivity (Wildman–Crippen MR) is 95.9 cm³/mol. The molecule has 1 aliphatic rings. The first kappa shape index (κ1) is 17.5. The van der Waals surface area contributed by atoms with Crippen molar-refractivity contribution < 1.29 is 14.1 Å². The van der Waals surface area contributed by atoms with Crippen LogP contribution in [0.25, 0.3) is 0 Å². The van der Waals surface area contributed by atoms with Gasteiger partial charge >= 0.3 is 0 Å². The number of hydrogen-bond acceptors (Lipinski definition) is 4. The van der Waals surface area contributed by atoms with E-state index in [9.17, 15) is 4.79 Å². The summed E-state index contributed by atoms with van der Waals surface area (Å²) in [6, 6.07) is 6.06. The average molecular weight is 342 g/mol. The van der Waals surface area contributed by atoms with Gasteiger partial charge in [-0.25, -0.2) is 0 Å². The second-order valence-electron chi connectivity index (χ2n) is 6.83. The average Bonchev–Trinajstić information content (AvgIpc) is 2.79. The third-order valence-electron chi connectivity index (χ3n) is 4.78. The maximum atomic E-state index is 12.9. The molecule has 0 atom stereocenters. The van der Waals surface area contributed by atoms with Crippen LogP contribution in [0.5, 0.6) is 5.75 Å². The lowest BCUT2D eigenvalue weighted by Gasteiger charge is -2.19. The number of rotatable bonds is 4. The summed E-state index contributed by atoms with van der Waals surface area (Å²) in [6.07, 6.45) is 4.47. The molecule has 2 aromatic rings. The quantitative estimate of drug-likeness (QED) is 0.836. The van der Waals surface area contributed by atoms with Gasteiger partial charge < -0.3 is 14.2 Å². The van der Waals surface area contributed by atoms with Crippen molar-refractivity contribution >= 4 is 5.91 Å². The van der Waals surface area contributed by atoms with Gasteiger partial charge in [-0.3, -0.25) is 4.79 Å². The van der Waals surface area contributed by atoms with Crippen LogP contribution in [0.2, 0.25) is 0 Å². The minimum Gasteiger partial charge on any atom is -0.488 e. The highest BCUT2D eigenvalue weighted by atomic mass is 16.5. The van der Waals surface area contributed by atoms with Crippen LogP contribution in [0.4, 0.5) is 0 Å². The first-order chi connectivity index (χ1) is 12.1. The second-order valence-corrected chi connectivity index (χ2v) is 6.83. The van der Waals surface area contributed by atoms with E-state index >= 15 is 0 Å². The molecule has 0 radical (unpaired) electrons. The van der Waals surface area contributed by atoms with Crippen molar-refractivity contribution in [3.63, 3.8) is 0 Å². The Morgan fingerprint density at radius 1 is 1.16 bits per heavy atom. The molecule has 1 saturated heterocycles. The van der Waals surface area contributed by atoms with Gasteiger partial charge in [-0.2, -0.15) is 0 Å². The fraction of sp³-hybridized carbons (Fsp3) is 0.500. The highest BCUT2D eigenvalue weighted by Crippen LogP contribution is 2.23. The van der Waals surface area contributed by atoms with Gasteiger partial charge in [0.25, 0.3) is 5.91 Å². The Kier molecular flexibility index (Phi) is 5.41. The zero-order chi connectivity index (χ0) is 17.8. The molecule has 0 unspecified atom stereocenters. The van der Waals surface area contributed by atoms with Crippen LogP contribution < -0.4 is 4.74 Å². The van der Waals surface area contributed by atoms with E-state index in [-0.39, 0.29) is 12.5 Å². The molecule has 1 amide bonds. The number of nitrogens with zero attached hydrogens (tertiary/aromatic N) is 2. The summed E-state index contributed by atoms with van der Waals surface area (Å²) in [6.45, 7) is 7.77. The largest absolute Gasteiger partial charge is 0.488 e. The van der Waals surface area contributed by atoms with Gasteiger partial charge in [-0.15, -0.1) is 0 Å². The van der Waals surface area contributed by atoms with Crippen LogP contribution in [0.3, 0.4) is 0 Å². The summed E-state index contributed by atoms with van der Waals surface area (Å²) in [5.74, 6) is 1.42. The number of carbonyl (C=O) groups excluding carboxylic acids is 1. The highest BCUT2D eigenvalue weighted by Gasteiger charge is 2.25. The standard InChI is InChI=1S/C20H26N2O3/c1-14-8-9-18(15(2)12-14)24-13-17-16(3)25-21-19(17)20(23)22-10-6-4-5-7-11-22/h8-9,12H,4-7,10-11,13H2,1-3H3. The van der Waals surface area contributed by atoms with E-state index in [0.717, 1.165) is 42.8 Å². The smallest absolute Gasteiger partial charge is 0.276 e. The SMILES string of the molecule is Cc1ccc(OCc2c(C(=O)N3CCCCCC3)noc2C)c(C)c1. The van der Waals surface area contributed by atoms with E-state index in [1.165, 1.54) is 18.4 Å². The molecule has 25 heavy (non-hydrogen) atoms. The molecule has 0 bridgehead atoms. The van der Waals surface area contributed by atoms with E-state index < -0.39 is 0 Å². The number of carbonyl (C=O) groups is 1. The van der Waals surface area contributed by atoms with Gasteiger partial charge in [0.1, 0.15) is 18.1 Å². The number of benzene rings is 1. The van der Waals surface area contributed by atoms with Crippen molar-refractivity contribution in [2.24, 2.45) is 0 Å². The Labute approximate surface area is 148 Å². The van der Waals surface area contributed by atoms with Crippen LogP contribution in [0.15, 0.2) is 22.7 Å². The van der Waals surface area contributed by atoms with Crippen molar-refractivity contribution in [2.75, 3.05) is 13.1 Å². The normalized spacial score (nSPS) is 15.1. The molecule has 1 aliphatic heterocycles. The summed E-state index contributed by atoms with van der Waals surface area (Å²) in [5, 5.41) is 4.02. The van der Waals surface area contributed by atoms with Crippen molar-refractivity contribution in [1.82, 2.24) is 10.1 Å². The van der Waals surface area contributed by atoms with Gasteiger partial charge in [-0.1, -0.05) is 35.7 Å². The fourth-order valence-electron chi connectivity index (χ4n) is 3.26.